The van der Waals surface area contributed by atoms with E-state index in [4.69, 9.17) is 5.11 Å². The van der Waals surface area contributed by atoms with E-state index in [-0.39, 0.29) is 31.6 Å². The Morgan fingerprint density at radius 3 is 2.53 bits per heavy atom. The van der Waals surface area contributed by atoms with E-state index >= 15 is 0 Å². The SMILES string of the molecule is CC(=O)/C=C(/C)O.[C-]1=C(c2ccccn2)CC=C1.[Ir]. The first-order chi connectivity index (χ1) is 8.59. The molecule has 4 heteroatoms. The summed E-state index contributed by atoms with van der Waals surface area (Å²) in [5, 5.41) is 8.36. The Morgan fingerprint density at radius 1 is 1.42 bits per heavy atom. The van der Waals surface area contributed by atoms with Crippen molar-refractivity contribution in [3.05, 3.63) is 60.2 Å². The van der Waals surface area contributed by atoms with Crippen molar-refractivity contribution >= 4 is 11.4 Å². The van der Waals surface area contributed by atoms with Gasteiger partial charge in [0, 0.05) is 32.4 Å². The van der Waals surface area contributed by atoms with Crippen LogP contribution in [0.4, 0.5) is 0 Å². The van der Waals surface area contributed by atoms with Crippen LogP contribution in [0.25, 0.3) is 5.57 Å². The number of hydrogen-bond donors (Lipinski definition) is 1. The molecule has 2 rings (SSSR count). The average molecular weight is 435 g/mol. The van der Waals surface area contributed by atoms with E-state index in [9.17, 15) is 4.79 Å². The minimum Gasteiger partial charge on any atom is -0.512 e. The molecule has 3 nitrogen and oxygen atoms in total. The molecule has 1 aromatic heterocycles. The van der Waals surface area contributed by atoms with Gasteiger partial charge in [-0.3, -0.25) is 4.79 Å². The van der Waals surface area contributed by atoms with E-state index in [0.717, 1.165) is 12.1 Å². The van der Waals surface area contributed by atoms with E-state index in [1.54, 1.807) is 0 Å². The van der Waals surface area contributed by atoms with Gasteiger partial charge in [-0.15, -0.1) is 5.57 Å². The van der Waals surface area contributed by atoms with E-state index < -0.39 is 0 Å². The number of allylic oxidation sites excluding steroid dienone is 6. The molecule has 1 radical (unpaired) electrons. The van der Waals surface area contributed by atoms with Gasteiger partial charge in [0.15, 0.2) is 5.78 Å². The smallest absolute Gasteiger partial charge is 0.155 e. The Morgan fingerprint density at radius 2 is 2.16 bits per heavy atom. The van der Waals surface area contributed by atoms with E-state index in [2.05, 4.69) is 17.1 Å². The summed E-state index contributed by atoms with van der Waals surface area (Å²) in [6, 6.07) is 5.93. The topological polar surface area (TPSA) is 50.2 Å². The molecule has 0 unspecified atom stereocenters. The summed E-state index contributed by atoms with van der Waals surface area (Å²) in [5.41, 5.74) is 2.23. The monoisotopic (exact) mass is 435 g/mol. The Bertz CT molecular complexity index is 486. The van der Waals surface area contributed by atoms with E-state index in [1.807, 2.05) is 30.5 Å². The summed E-state index contributed by atoms with van der Waals surface area (Å²) in [6.07, 6.45) is 11.1. The minimum absolute atomic E-state index is 0. The summed E-state index contributed by atoms with van der Waals surface area (Å²) in [4.78, 5) is 14.2. The largest absolute Gasteiger partial charge is 0.512 e. The van der Waals surface area contributed by atoms with Gasteiger partial charge in [0.1, 0.15) is 0 Å². The molecule has 0 bridgehead atoms. The summed E-state index contributed by atoms with van der Waals surface area (Å²) >= 11 is 0. The fourth-order valence-corrected chi connectivity index (χ4v) is 1.41. The van der Waals surface area contributed by atoms with Gasteiger partial charge in [-0.1, -0.05) is 18.6 Å². The van der Waals surface area contributed by atoms with Crippen LogP contribution in [-0.4, -0.2) is 15.9 Å². The molecule has 1 N–H and O–H groups in total. The Hall–Kier alpha value is -1.51. The Kier molecular flexibility index (Phi) is 8.67. The molecule has 0 aromatic carbocycles. The van der Waals surface area contributed by atoms with Crippen LogP contribution in [0.5, 0.6) is 0 Å². The van der Waals surface area contributed by atoms with Crippen LogP contribution in [0.3, 0.4) is 0 Å². The third-order valence-electron chi connectivity index (χ3n) is 2.08. The minimum atomic E-state index is -0.125. The number of aliphatic hydroxyl groups excluding tert-OH is 1. The molecule has 103 valence electrons. The maximum Gasteiger partial charge on any atom is 0.155 e. The third kappa shape index (κ3) is 7.50. The van der Waals surface area contributed by atoms with Crippen molar-refractivity contribution in [2.75, 3.05) is 0 Å². The molecular weight excluding hydrogens is 418 g/mol. The first kappa shape index (κ1) is 17.5. The second kappa shape index (κ2) is 9.42. The summed E-state index contributed by atoms with van der Waals surface area (Å²) in [6.45, 7) is 2.85. The second-order valence-electron chi connectivity index (χ2n) is 3.84. The van der Waals surface area contributed by atoms with E-state index in [1.165, 1.54) is 25.5 Å². The maximum absolute atomic E-state index is 10.0. The number of rotatable bonds is 2. The molecule has 19 heavy (non-hydrogen) atoms. The number of carbonyl (C=O) groups is 1. The van der Waals surface area contributed by atoms with Crippen molar-refractivity contribution in [3.63, 3.8) is 0 Å². The molecule has 0 amide bonds. The molecule has 0 saturated carbocycles. The van der Waals surface area contributed by atoms with Gasteiger partial charge in [0.25, 0.3) is 0 Å². The van der Waals surface area contributed by atoms with E-state index in [0.29, 0.717) is 0 Å². The van der Waals surface area contributed by atoms with Gasteiger partial charge in [-0.05, 0) is 25.6 Å². The predicted octanol–water partition coefficient (Wildman–Crippen LogP) is 3.26. The zero-order chi connectivity index (χ0) is 13.4. The normalized spacial score (nSPS) is 12.9. The molecule has 0 spiro atoms. The summed E-state index contributed by atoms with van der Waals surface area (Å²) < 4.78 is 0. The van der Waals surface area contributed by atoms with Gasteiger partial charge in [0.2, 0.25) is 0 Å². The van der Waals surface area contributed by atoms with Crippen LogP contribution < -0.4 is 0 Å². The molecule has 0 fully saturated rings. The van der Waals surface area contributed by atoms with Gasteiger partial charge < -0.3 is 10.1 Å². The number of carbonyl (C=O) groups excluding carboxylic acids is 1. The van der Waals surface area contributed by atoms with Crippen molar-refractivity contribution in [3.8, 4) is 0 Å². The fraction of sp³-hybridized carbons (Fsp3) is 0.200. The number of pyridine rings is 1. The number of aromatic nitrogens is 1. The van der Waals surface area contributed by atoms with Crippen LogP contribution >= 0.6 is 0 Å². The molecule has 1 aliphatic carbocycles. The predicted molar refractivity (Wildman–Crippen MR) is 71.7 cm³/mol. The van der Waals surface area contributed by atoms with Crippen LogP contribution in [0.1, 0.15) is 26.0 Å². The van der Waals surface area contributed by atoms with Crippen molar-refractivity contribution in [2.24, 2.45) is 0 Å². The van der Waals surface area contributed by atoms with Crippen molar-refractivity contribution in [1.29, 1.82) is 0 Å². The van der Waals surface area contributed by atoms with Crippen LogP contribution in [-0.2, 0) is 24.9 Å². The average Bonchev–Trinajstić information content (AvgIpc) is 2.82. The number of hydrogen-bond acceptors (Lipinski definition) is 3. The number of ketones is 1. The first-order valence-electron chi connectivity index (χ1n) is 5.66. The quantitative estimate of drug-likeness (QED) is 0.442. The first-order valence-corrected chi connectivity index (χ1v) is 5.66. The molecule has 0 atom stereocenters. The van der Waals surface area contributed by atoms with Crippen molar-refractivity contribution in [2.45, 2.75) is 20.3 Å². The molecule has 1 aromatic rings. The Labute approximate surface area is 127 Å². The van der Waals surface area contributed by atoms with Crippen LogP contribution in [0.2, 0.25) is 0 Å². The number of nitrogens with zero attached hydrogens (tertiary/aromatic N) is 1. The molecule has 0 saturated heterocycles. The standard InChI is InChI=1S/C10H8N.C5H8O2.Ir/c1-2-6-9(5-1)10-7-3-4-8-11-10;1-4(6)3-5(2)7;/h1-4,7-8H,5H2;3,6H,1-2H3;/q-1;;/b;4-3-;. The zero-order valence-corrected chi connectivity index (χ0v) is 13.3. The van der Waals surface area contributed by atoms with Crippen molar-refractivity contribution < 1.29 is 30.0 Å². The molecule has 1 heterocycles. The summed E-state index contributed by atoms with van der Waals surface area (Å²) in [7, 11) is 0. The molecule has 0 aliphatic heterocycles. The fourth-order valence-electron chi connectivity index (χ4n) is 1.41. The molecular formula is C15H16IrNO2-. The van der Waals surface area contributed by atoms with Gasteiger partial charge >= 0.3 is 0 Å². The van der Waals surface area contributed by atoms with Gasteiger partial charge in [-0.25, -0.2) is 0 Å². The Balaban J connectivity index is 0.000000360. The second-order valence-corrected chi connectivity index (χ2v) is 3.84. The maximum atomic E-state index is 10.0. The van der Waals surface area contributed by atoms with Gasteiger partial charge in [0.05, 0.1) is 5.76 Å². The van der Waals surface area contributed by atoms with Gasteiger partial charge in [-0.2, -0.15) is 18.2 Å². The summed E-state index contributed by atoms with van der Waals surface area (Å²) in [5.74, 6) is -0.0625. The number of aliphatic hydroxyl groups is 1. The van der Waals surface area contributed by atoms with Crippen LogP contribution in [0.15, 0.2) is 48.4 Å². The zero-order valence-electron chi connectivity index (χ0n) is 10.9. The van der Waals surface area contributed by atoms with Crippen LogP contribution in [0, 0.1) is 6.08 Å². The third-order valence-corrected chi connectivity index (χ3v) is 2.08. The molecule has 1 aliphatic rings. The van der Waals surface area contributed by atoms with Crippen molar-refractivity contribution in [1.82, 2.24) is 4.98 Å².